The van der Waals surface area contributed by atoms with Crippen molar-refractivity contribution in [3.8, 4) is 11.3 Å². The molecule has 0 aliphatic rings. The largest absolute Gasteiger partial charge is 0.343 e. The SMILES string of the molecule is Cn1cc(-c2cc(=S)nc(Cc3ccccc3F)[nH]2)cn1. The summed E-state index contributed by atoms with van der Waals surface area (Å²) >= 11 is 5.19. The summed E-state index contributed by atoms with van der Waals surface area (Å²) < 4.78 is 15.9. The van der Waals surface area contributed by atoms with Crippen LogP contribution in [0.5, 0.6) is 0 Å². The van der Waals surface area contributed by atoms with Crippen molar-refractivity contribution in [1.29, 1.82) is 0 Å². The Hall–Kier alpha value is -2.34. The van der Waals surface area contributed by atoms with Crippen LogP contribution >= 0.6 is 12.2 Å². The van der Waals surface area contributed by atoms with E-state index in [1.165, 1.54) is 6.07 Å². The van der Waals surface area contributed by atoms with Gasteiger partial charge in [0.2, 0.25) is 0 Å². The minimum Gasteiger partial charge on any atom is -0.343 e. The lowest BCUT2D eigenvalue weighted by molar-refractivity contribution is 0.612. The van der Waals surface area contributed by atoms with Crippen molar-refractivity contribution in [1.82, 2.24) is 19.7 Å². The van der Waals surface area contributed by atoms with Crippen molar-refractivity contribution in [2.24, 2.45) is 7.05 Å². The molecule has 106 valence electrons. The molecule has 0 fully saturated rings. The standard InChI is InChI=1S/C15H13FN4S/c1-20-9-11(8-17-20)13-7-15(21)19-14(18-13)6-10-4-2-3-5-12(10)16/h2-5,7-9H,6H2,1H3,(H,18,19,21). The first-order valence-electron chi connectivity index (χ1n) is 6.44. The Balaban J connectivity index is 1.99. The first kappa shape index (κ1) is 13.6. The molecule has 0 spiro atoms. The van der Waals surface area contributed by atoms with Gasteiger partial charge in [-0.15, -0.1) is 0 Å². The second-order valence-electron chi connectivity index (χ2n) is 4.75. The molecular formula is C15H13FN4S. The number of H-pyrrole nitrogens is 1. The molecule has 2 aromatic heterocycles. The molecule has 0 aliphatic carbocycles. The van der Waals surface area contributed by atoms with E-state index in [1.807, 2.05) is 13.2 Å². The second kappa shape index (κ2) is 5.57. The highest BCUT2D eigenvalue weighted by atomic mass is 32.1. The zero-order valence-corrected chi connectivity index (χ0v) is 12.2. The molecule has 3 rings (SSSR count). The molecule has 3 aromatic rings. The predicted octanol–water partition coefficient (Wildman–Crippen LogP) is 3.27. The third-order valence-corrected chi connectivity index (χ3v) is 3.33. The smallest absolute Gasteiger partial charge is 0.130 e. The van der Waals surface area contributed by atoms with Gasteiger partial charge in [-0.1, -0.05) is 30.4 Å². The van der Waals surface area contributed by atoms with Crippen molar-refractivity contribution in [3.05, 3.63) is 64.6 Å². The molecule has 0 bridgehead atoms. The van der Waals surface area contributed by atoms with Gasteiger partial charge in [-0.25, -0.2) is 9.37 Å². The third kappa shape index (κ3) is 3.05. The molecular weight excluding hydrogens is 287 g/mol. The Bertz CT molecular complexity index is 837. The number of nitrogens with zero attached hydrogens (tertiary/aromatic N) is 3. The first-order valence-corrected chi connectivity index (χ1v) is 6.85. The van der Waals surface area contributed by atoms with E-state index in [1.54, 1.807) is 35.1 Å². The van der Waals surface area contributed by atoms with Crippen LogP contribution in [-0.2, 0) is 13.5 Å². The van der Waals surface area contributed by atoms with Crippen molar-refractivity contribution < 1.29 is 4.39 Å². The summed E-state index contributed by atoms with van der Waals surface area (Å²) in [4.78, 5) is 7.46. The van der Waals surface area contributed by atoms with Gasteiger partial charge in [0, 0.05) is 25.2 Å². The van der Waals surface area contributed by atoms with Crippen LogP contribution in [0.2, 0.25) is 0 Å². The number of hydrogen-bond acceptors (Lipinski definition) is 3. The number of halogens is 1. The highest BCUT2D eigenvalue weighted by Gasteiger charge is 2.07. The quantitative estimate of drug-likeness (QED) is 0.755. The van der Waals surface area contributed by atoms with Gasteiger partial charge < -0.3 is 4.98 Å². The fourth-order valence-corrected chi connectivity index (χ4v) is 2.36. The van der Waals surface area contributed by atoms with Crippen molar-refractivity contribution in [2.45, 2.75) is 6.42 Å². The summed E-state index contributed by atoms with van der Waals surface area (Å²) in [5.41, 5.74) is 2.33. The monoisotopic (exact) mass is 300 g/mol. The summed E-state index contributed by atoms with van der Waals surface area (Å²) in [7, 11) is 1.85. The van der Waals surface area contributed by atoms with Gasteiger partial charge in [0.05, 0.1) is 11.9 Å². The maximum Gasteiger partial charge on any atom is 0.130 e. The molecule has 2 heterocycles. The van der Waals surface area contributed by atoms with E-state index < -0.39 is 0 Å². The molecule has 0 radical (unpaired) electrons. The molecule has 21 heavy (non-hydrogen) atoms. The Morgan fingerprint density at radius 3 is 2.86 bits per heavy atom. The van der Waals surface area contributed by atoms with Gasteiger partial charge >= 0.3 is 0 Å². The van der Waals surface area contributed by atoms with Crippen LogP contribution in [0.3, 0.4) is 0 Å². The van der Waals surface area contributed by atoms with Gasteiger partial charge in [0.1, 0.15) is 16.3 Å². The van der Waals surface area contributed by atoms with Gasteiger partial charge in [-0.05, 0) is 17.7 Å². The number of nitrogens with one attached hydrogen (secondary N) is 1. The molecule has 0 atom stereocenters. The summed E-state index contributed by atoms with van der Waals surface area (Å²) in [5, 5.41) is 4.13. The van der Waals surface area contributed by atoms with E-state index in [9.17, 15) is 4.39 Å². The van der Waals surface area contributed by atoms with Gasteiger partial charge in [-0.2, -0.15) is 5.10 Å². The highest BCUT2D eigenvalue weighted by molar-refractivity contribution is 7.71. The number of aromatic amines is 1. The minimum atomic E-state index is -0.245. The van der Waals surface area contributed by atoms with Crippen LogP contribution in [0.25, 0.3) is 11.3 Å². The van der Waals surface area contributed by atoms with E-state index >= 15 is 0 Å². The Kier molecular flexibility index (Phi) is 3.62. The van der Waals surface area contributed by atoms with Crippen LogP contribution in [0, 0.1) is 10.5 Å². The number of aryl methyl sites for hydroxylation is 1. The number of hydrogen-bond donors (Lipinski definition) is 1. The summed E-state index contributed by atoms with van der Waals surface area (Å²) in [5.74, 6) is 0.386. The lowest BCUT2D eigenvalue weighted by atomic mass is 10.1. The molecule has 0 saturated heterocycles. The Morgan fingerprint density at radius 2 is 2.14 bits per heavy atom. The molecule has 1 aromatic carbocycles. The normalized spacial score (nSPS) is 10.8. The lowest BCUT2D eigenvalue weighted by Gasteiger charge is -2.05. The van der Waals surface area contributed by atoms with Crippen LogP contribution in [0.1, 0.15) is 11.4 Å². The lowest BCUT2D eigenvalue weighted by Crippen LogP contribution is -2.00. The molecule has 0 saturated carbocycles. The zero-order chi connectivity index (χ0) is 14.8. The first-order chi connectivity index (χ1) is 10.1. The zero-order valence-electron chi connectivity index (χ0n) is 11.4. The predicted molar refractivity (Wildman–Crippen MR) is 80.8 cm³/mol. The van der Waals surface area contributed by atoms with Crippen molar-refractivity contribution in [2.75, 3.05) is 0 Å². The molecule has 6 heteroatoms. The second-order valence-corrected chi connectivity index (χ2v) is 5.17. The summed E-state index contributed by atoms with van der Waals surface area (Å²) in [6.45, 7) is 0. The number of benzene rings is 1. The Labute approximate surface area is 126 Å². The maximum absolute atomic E-state index is 13.7. The number of rotatable bonds is 3. The van der Waals surface area contributed by atoms with Gasteiger partial charge in [0.15, 0.2) is 0 Å². The van der Waals surface area contributed by atoms with E-state index in [-0.39, 0.29) is 5.82 Å². The fraction of sp³-hybridized carbons (Fsp3) is 0.133. The molecule has 0 aliphatic heterocycles. The van der Waals surface area contributed by atoms with Crippen molar-refractivity contribution in [3.63, 3.8) is 0 Å². The highest BCUT2D eigenvalue weighted by Crippen LogP contribution is 2.17. The summed E-state index contributed by atoms with van der Waals surface area (Å²) in [6, 6.07) is 8.43. The third-order valence-electron chi connectivity index (χ3n) is 3.12. The van der Waals surface area contributed by atoms with E-state index in [0.717, 1.165) is 11.3 Å². The van der Waals surface area contributed by atoms with Crippen LogP contribution < -0.4 is 0 Å². The fourth-order valence-electron chi connectivity index (χ4n) is 2.13. The molecule has 0 amide bonds. The van der Waals surface area contributed by atoms with E-state index in [0.29, 0.717) is 22.4 Å². The minimum absolute atomic E-state index is 0.245. The molecule has 4 nitrogen and oxygen atoms in total. The van der Waals surface area contributed by atoms with Crippen molar-refractivity contribution >= 4 is 12.2 Å². The van der Waals surface area contributed by atoms with E-state index in [4.69, 9.17) is 12.2 Å². The molecule has 1 N–H and O–H groups in total. The van der Waals surface area contributed by atoms with Crippen LogP contribution in [0.15, 0.2) is 42.7 Å². The van der Waals surface area contributed by atoms with E-state index in [2.05, 4.69) is 15.1 Å². The summed E-state index contributed by atoms with van der Waals surface area (Å²) in [6.07, 6.45) is 3.99. The Morgan fingerprint density at radius 1 is 1.33 bits per heavy atom. The van der Waals surface area contributed by atoms with Crippen LogP contribution in [0.4, 0.5) is 4.39 Å². The average Bonchev–Trinajstić information content (AvgIpc) is 2.88. The number of aromatic nitrogens is 4. The topological polar surface area (TPSA) is 46.5 Å². The van der Waals surface area contributed by atoms with Gasteiger partial charge in [-0.3, -0.25) is 4.68 Å². The maximum atomic E-state index is 13.7. The van der Waals surface area contributed by atoms with Crippen LogP contribution in [-0.4, -0.2) is 19.7 Å². The average molecular weight is 300 g/mol. The molecule has 0 unspecified atom stereocenters. The van der Waals surface area contributed by atoms with Gasteiger partial charge in [0.25, 0.3) is 0 Å².